The second-order valence-electron chi connectivity index (χ2n) is 7.49. The van der Waals surface area contributed by atoms with Crippen LogP contribution < -0.4 is 11.2 Å². The summed E-state index contributed by atoms with van der Waals surface area (Å²) in [6, 6.07) is 1.21. The van der Waals surface area contributed by atoms with Crippen LogP contribution in [0.15, 0.2) is 15.7 Å². The molecule has 1 aromatic rings. The van der Waals surface area contributed by atoms with E-state index in [1.807, 2.05) is 6.92 Å². The first-order chi connectivity index (χ1) is 12.3. The lowest BCUT2D eigenvalue weighted by atomic mass is 9.81. The van der Waals surface area contributed by atoms with E-state index in [1.54, 1.807) is 4.90 Å². The maximum Gasteiger partial charge on any atom is 0.331 e. The number of carbonyl (C=O) groups is 1. The molecule has 0 bridgehead atoms. The van der Waals surface area contributed by atoms with Crippen LogP contribution in [-0.2, 0) is 18.8 Å². The molecule has 3 heterocycles. The molecule has 2 aliphatic rings. The van der Waals surface area contributed by atoms with Crippen LogP contribution in [0, 0.1) is 0 Å². The Morgan fingerprint density at radius 3 is 2.54 bits per heavy atom. The summed E-state index contributed by atoms with van der Waals surface area (Å²) >= 11 is 0. The number of ether oxygens (including phenoxy) is 1. The van der Waals surface area contributed by atoms with Gasteiger partial charge in [-0.2, -0.15) is 0 Å². The summed E-state index contributed by atoms with van der Waals surface area (Å²) in [7, 11) is 2.88. The van der Waals surface area contributed by atoms with Gasteiger partial charge < -0.3 is 14.7 Å². The molecule has 0 unspecified atom stereocenters. The van der Waals surface area contributed by atoms with Crippen molar-refractivity contribution in [2.45, 2.75) is 56.8 Å². The zero-order chi connectivity index (χ0) is 19.1. The van der Waals surface area contributed by atoms with E-state index in [0.717, 1.165) is 11.0 Å². The minimum atomic E-state index is -0.515. The number of likely N-dealkylation sites (tertiary alicyclic amines) is 1. The first kappa shape index (κ1) is 18.8. The van der Waals surface area contributed by atoms with E-state index in [0.29, 0.717) is 38.8 Å². The molecule has 0 aromatic carbocycles. The molecule has 0 radical (unpaired) electrons. The Kier molecular flexibility index (Phi) is 5.07. The second-order valence-corrected chi connectivity index (χ2v) is 7.49. The predicted molar refractivity (Wildman–Crippen MR) is 95.2 cm³/mol. The van der Waals surface area contributed by atoms with Gasteiger partial charge in [0.05, 0.1) is 17.8 Å². The van der Waals surface area contributed by atoms with Crippen LogP contribution in [0.2, 0.25) is 0 Å². The maximum absolute atomic E-state index is 12.8. The normalized spacial score (nSPS) is 25.5. The number of amides is 1. The SMILES string of the molecule is CC[C@H]1C[C@@H](O)CC2(CCN(C(=O)c3cc(=O)n(C)c(=O)n3C)CC2)O1. The summed E-state index contributed by atoms with van der Waals surface area (Å²) in [6.45, 7) is 3.00. The van der Waals surface area contributed by atoms with Crippen molar-refractivity contribution in [2.24, 2.45) is 14.1 Å². The van der Waals surface area contributed by atoms with Gasteiger partial charge >= 0.3 is 5.69 Å². The Morgan fingerprint density at radius 2 is 1.92 bits per heavy atom. The highest BCUT2D eigenvalue weighted by atomic mass is 16.5. The lowest BCUT2D eigenvalue weighted by Crippen LogP contribution is -2.54. The molecule has 0 aliphatic carbocycles. The molecule has 1 aromatic heterocycles. The highest BCUT2D eigenvalue weighted by molar-refractivity contribution is 5.92. The van der Waals surface area contributed by atoms with Crippen molar-refractivity contribution < 1.29 is 14.6 Å². The van der Waals surface area contributed by atoms with Gasteiger partial charge in [-0.1, -0.05) is 6.92 Å². The van der Waals surface area contributed by atoms with E-state index in [4.69, 9.17) is 4.74 Å². The Labute approximate surface area is 152 Å². The average Bonchev–Trinajstić information content (AvgIpc) is 2.62. The van der Waals surface area contributed by atoms with Crippen molar-refractivity contribution in [2.75, 3.05) is 13.1 Å². The third-order valence-corrected chi connectivity index (χ3v) is 5.72. The smallest absolute Gasteiger partial charge is 0.331 e. The Balaban J connectivity index is 1.75. The zero-order valence-corrected chi connectivity index (χ0v) is 15.6. The van der Waals surface area contributed by atoms with Gasteiger partial charge in [0.1, 0.15) is 5.69 Å². The summed E-state index contributed by atoms with van der Waals surface area (Å²) in [5.41, 5.74) is -1.29. The van der Waals surface area contributed by atoms with Crippen LogP contribution in [-0.4, -0.2) is 55.9 Å². The van der Waals surface area contributed by atoms with Crippen molar-refractivity contribution >= 4 is 5.91 Å². The zero-order valence-electron chi connectivity index (χ0n) is 15.6. The molecule has 144 valence electrons. The fourth-order valence-electron chi connectivity index (χ4n) is 4.06. The van der Waals surface area contributed by atoms with E-state index in [2.05, 4.69) is 0 Å². The monoisotopic (exact) mass is 365 g/mol. The molecule has 1 spiro atoms. The van der Waals surface area contributed by atoms with Crippen LogP contribution in [0.3, 0.4) is 0 Å². The molecule has 26 heavy (non-hydrogen) atoms. The molecule has 8 heteroatoms. The number of rotatable bonds is 2. The first-order valence-corrected chi connectivity index (χ1v) is 9.18. The van der Waals surface area contributed by atoms with Gasteiger partial charge in [-0.3, -0.25) is 18.7 Å². The highest BCUT2D eigenvalue weighted by Crippen LogP contribution is 2.38. The quantitative estimate of drug-likeness (QED) is 0.797. The lowest BCUT2D eigenvalue weighted by molar-refractivity contribution is -0.179. The number of aromatic nitrogens is 2. The van der Waals surface area contributed by atoms with E-state index < -0.39 is 11.2 Å². The van der Waals surface area contributed by atoms with Crippen molar-refractivity contribution in [3.05, 3.63) is 32.6 Å². The van der Waals surface area contributed by atoms with Crippen molar-refractivity contribution in [1.29, 1.82) is 0 Å². The standard InChI is InChI=1S/C18H27N3O5/c1-4-13-9-12(22)11-18(26-13)5-7-21(8-6-18)16(24)14-10-15(23)20(3)17(25)19(14)2/h10,12-13,22H,4-9,11H2,1-3H3/t12-,13+/m1/s1. The second kappa shape index (κ2) is 7.00. The molecule has 3 rings (SSSR count). The minimum absolute atomic E-state index is 0.0546. The third kappa shape index (κ3) is 3.35. The molecular weight excluding hydrogens is 338 g/mol. The summed E-state index contributed by atoms with van der Waals surface area (Å²) in [6.07, 6.45) is 3.09. The molecule has 0 saturated carbocycles. The number of piperidine rings is 1. The van der Waals surface area contributed by atoms with E-state index in [9.17, 15) is 19.5 Å². The number of aliphatic hydroxyl groups excluding tert-OH is 1. The lowest BCUT2D eigenvalue weighted by Gasteiger charge is -2.47. The molecule has 1 amide bonds. The largest absolute Gasteiger partial charge is 0.393 e. The molecule has 2 fully saturated rings. The number of hydrogen-bond acceptors (Lipinski definition) is 5. The highest BCUT2D eigenvalue weighted by Gasteiger charge is 2.43. The fraction of sp³-hybridized carbons (Fsp3) is 0.722. The number of aliphatic hydroxyl groups is 1. The van der Waals surface area contributed by atoms with Crippen LogP contribution in [0.4, 0.5) is 0 Å². The Bertz CT molecular complexity index is 804. The summed E-state index contributed by atoms with van der Waals surface area (Å²) in [4.78, 5) is 38.4. The first-order valence-electron chi connectivity index (χ1n) is 9.18. The molecule has 1 N–H and O–H groups in total. The number of carbonyl (C=O) groups excluding carboxylic acids is 1. The van der Waals surface area contributed by atoms with Crippen LogP contribution in [0.5, 0.6) is 0 Å². The van der Waals surface area contributed by atoms with Crippen LogP contribution in [0.1, 0.15) is 49.5 Å². The van der Waals surface area contributed by atoms with Gasteiger partial charge in [0.2, 0.25) is 0 Å². The van der Waals surface area contributed by atoms with Gasteiger partial charge in [-0.05, 0) is 25.7 Å². The summed E-state index contributed by atoms with van der Waals surface area (Å²) < 4.78 is 8.43. The van der Waals surface area contributed by atoms with Crippen molar-refractivity contribution in [3.63, 3.8) is 0 Å². The van der Waals surface area contributed by atoms with Gasteiger partial charge in [0.15, 0.2) is 0 Å². The molecule has 2 saturated heterocycles. The van der Waals surface area contributed by atoms with E-state index in [1.165, 1.54) is 24.7 Å². The number of nitrogens with zero attached hydrogens (tertiary/aromatic N) is 3. The third-order valence-electron chi connectivity index (χ3n) is 5.72. The molecule has 2 atom stereocenters. The van der Waals surface area contributed by atoms with Crippen molar-refractivity contribution in [3.8, 4) is 0 Å². The van der Waals surface area contributed by atoms with Gasteiger partial charge in [0.25, 0.3) is 11.5 Å². The minimum Gasteiger partial charge on any atom is -0.393 e. The van der Waals surface area contributed by atoms with Crippen LogP contribution >= 0.6 is 0 Å². The Morgan fingerprint density at radius 1 is 1.27 bits per heavy atom. The van der Waals surface area contributed by atoms with E-state index >= 15 is 0 Å². The fourth-order valence-corrected chi connectivity index (χ4v) is 4.06. The van der Waals surface area contributed by atoms with E-state index in [-0.39, 0.29) is 29.4 Å². The summed E-state index contributed by atoms with van der Waals surface area (Å²) in [5.74, 6) is -0.319. The van der Waals surface area contributed by atoms with Gasteiger partial charge in [0, 0.05) is 39.7 Å². The topological polar surface area (TPSA) is 93.8 Å². The maximum atomic E-state index is 12.8. The number of hydrogen-bond donors (Lipinski definition) is 1. The van der Waals surface area contributed by atoms with Gasteiger partial charge in [-0.25, -0.2) is 4.79 Å². The van der Waals surface area contributed by atoms with Crippen LogP contribution in [0.25, 0.3) is 0 Å². The molecule has 8 nitrogen and oxygen atoms in total. The van der Waals surface area contributed by atoms with Crippen molar-refractivity contribution in [1.82, 2.24) is 14.0 Å². The Hall–Kier alpha value is -1.93. The van der Waals surface area contributed by atoms with Gasteiger partial charge in [-0.15, -0.1) is 0 Å². The predicted octanol–water partition coefficient (Wildman–Crippen LogP) is 0.00870. The average molecular weight is 365 g/mol. The summed E-state index contributed by atoms with van der Waals surface area (Å²) in [5, 5.41) is 10.2. The molecular formula is C18H27N3O5. The molecule has 2 aliphatic heterocycles.